The summed E-state index contributed by atoms with van der Waals surface area (Å²) in [4.78, 5) is 12.3. The first-order valence-electron chi connectivity index (χ1n) is 10.4. The van der Waals surface area contributed by atoms with Gasteiger partial charge in [0.2, 0.25) is 9.84 Å². The van der Waals surface area contributed by atoms with Gasteiger partial charge in [-0.1, -0.05) is 24.3 Å². The molecule has 1 aromatic heterocycles. The molecule has 0 aliphatic rings. The first-order valence-corrected chi connectivity index (χ1v) is 12.9. The van der Waals surface area contributed by atoms with Gasteiger partial charge < -0.3 is 10.3 Å². The maximum Gasteiger partial charge on any atom is 0.325 e. The molecule has 0 bridgehead atoms. The van der Waals surface area contributed by atoms with Gasteiger partial charge in [0.25, 0.3) is 5.91 Å². The number of nitriles is 1. The van der Waals surface area contributed by atoms with Gasteiger partial charge in [-0.2, -0.15) is 9.47 Å². The predicted molar refractivity (Wildman–Crippen MR) is 133 cm³/mol. The van der Waals surface area contributed by atoms with Gasteiger partial charge in [-0.15, -0.1) is 4.28 Å². The topological polar surface area (TPSA) is 156 Å². The highest BCUT2D eigenvalue weighted by atomic mass is 32.2. The van der Waals surface area contributed by atoms with Crippen molar-refractivity contribution in [2.75, 3.05) is 12.1 Å². The SMILES string of the molecule is CN(OS(=O)O)c1ccc2cc(C(N)=O)n(-c3cccc(S(=O)(=O)c4cccc(CC#N)c4)c3)c2c1. The molecule has 4 rings (SSSR count). The number of aromatic nitrogens is 1. The van der Waals surface area contributed by atoms with E-state index in [4.69, 9.17) is 19.8 Å². The average molecular weight is 525 g/mol. The number of nitrogens with zero attached hydrogens (tertiary/aromatic N) is 3. The maximum absolute atomic E-state index is 13.4. The van der Waals surface area contributed by atoms with E-state index in [2.05, 4.69) is 0 Å². The molecule has 1 amide bonds. The number of hydroxylamine groups is 1. The van der Waals surface area contributed by atoms with Gasteiger partial charge in [0, 0.05) is 18.1 Å². The number of benzene rings is 3. The van der Waals surface area contributed by atoms with Gasteiger partial charge in [0.15, 0.2) is 0 Å². The molecule has 0 fully saturated rings. The zero-order valence-corrected chi connectivity index (χ0v) is 20.5. The van der Waals surface area contributed by atoms with Gasteiger partial charge in [0.1, 0.15) is 5.69 Å². The Morgan fingerprint density at radius 3 is 2.47 bits per heavy atom. The molecule has 3 N–H and O–H groups in total. The molecule has 184 valence electrons. The molecule has 4 aromatic rings. The van der Waals surface area contributed by atoms with E-state index in [0.29, 0.717) is 27.8 Å². The predicted octanol–water partition coefficient (Wildman–Crippen LogP) is 3.13. The van der Waals surface area contributed by atoms with Crippen LogP contribution < -0.4 is 10.8 Å². The first-order chi connectivity index (χ1) is 17.1. The lowest BCUT2D eigenvalue weighted by Crippen LogP contribution is -2.19. The lowest BCUT2D eigenvalue weighted by molar-refractivity contribution is 0.0994. The monoisotopic (exact) mass is 524 g/mol. The smallest absolute Gasteiger partial charge is 0.325 e. The molecule has 1 unspecified atom stereocenters. The number of carbonyl (C=O) groups is 1. The Morgan fingerprint density at radius 2 is 1.81 bits per heavy atom. The van der Waals surface area contributed by atoms with E-state index in [0.717, 1.165) is 5.06 Å². The quantitative estimate of drug-likeness (QED) is 0.263. The highest BCUT2D eigenvalue weighted by molar-refractivity contribution is 7.91. The van der Waals surface area contributed by atoms with E-state index in [9.17, 15) is 17.4 Å². The van der Waals surface area contributed by atoms with Gasteiger partial charge in [-0.05, 0) is 54.1 Å². The number of rotatable bonds is 8. The maximum atomic E-state index is 13.4. The van der Waals surface area contributed by atoms with Gasteiger partial charge in [-0.25, -0.2) is 13.5 Å². The third-order valence-electron chi connectivity index (χ3n) is 5.46. The molecule has 0 radical (unpaired) electrons. The second kappa shape index (κ2) is 9.92. The summed E-state index contributed by atoms with van der Waals surface area (Å²) in [5, 5.41) is 10.7. The average Bonchev–Trinajstić information content (AvgIpc) is 3.23. The summed E-state index contributed by atoms with van der Waals surface area (Å²) in [5.74, 6) is -0.730. The third-order valence-corrected chi connectivity index (χ3v) is 7.56. The molecule has 0 saturated heterocycles. The van der Waals surface area contributed by atoms with E-state index in [-0.39, 0.29) is 21.9 Å². The number of primary amides is 1. The van der Waals surface area contributed by atoms with E-state index in [1.165, 1.54) is 35.9 Å². The van der Waals surface area contributed by atoms with Crippen molar-refractivity contribution in [2.45, 2.75) is 16.2 Å². The van der Waals surface area contributed by atoms with Crippen LogP contribution in [0.4, 0.5) is 5.69 Å². The summed E-state index contributed by atoms with van der Waals surface area (Å²) in [6.07, 6.45) is 0.0745. The molecule has 0 aliphatic heterocycles. The fourth-order valence-corrected chi connectivity index (χ4v) is 5.47. The van der Waals surface area contributed by atoms with E-state index in [1.54, 1.807) is 48.5 Å². The molecular formula is C24H20N4O6S2. The Hall–Kier alpha value is -4.02. The minimum atomic E-state index is -3.94. The highest BCUT2D eigenvalue weighted by Gasteiger charge is 2.21. The summed E-state index contributed by atoms with van der Waals surface area (Å²) in [6, 6.07) is 20.7. The van der Waals surface area contributed by atoms with E-state index >= 15 is 0 Å². The summed E-state index contributed by atoms with van der Waals surface area (Å²) in [6.45, 7) is 0. The molecular weight excluding hydrogens is 504 g/mol. The molecule has 0 saturated carbocycles. The van der Waals surface area contributed by atoms with Gasteiger partial charge in [-0.3, -0.25) is 9.35 Å². The summed E-state index contributed by atoms with van der Waals surface area (Å²) >= 11 is -2.55. The number of nitrogens with two attached hydrogens (primary N) is 1. The number of amides is 1. The largest absolute Gasteiger partial charge is 0.364 e. The molecule has 10 nitrogen and oxygen atoms in total. The fraction of sp³-hybridized carbons (Fsp3) is 0.0833. The Morgan fingerprint density at radius 1 is 1.11 bits per heavy atom. The summed E-state index contributed by atoms with van der Waals surface area (Å²) in [5.41, 5.74) is 7.57. The molecule has 36 heavy (non-hydrogen) atoms. The van der Waals surface area contributed by atoms with Gasteiger partial charge >= 0.3 is 11.4 Å². The second-order valence-electron chi connectivity index (χ2n) is 7.74. The number of sulfone groups is 1. The third kappa shape index (κ3) is 4.86. The van der Waals surface area contributed by atoms with Crippen molar-refractivity contribution in [1.29, 1.82) is 5.26 Å². The Bertz CT molecular complexity index is 1660. The van der Waals surface area contributed by atoms with Crippen LogP contribution in [-0.4, -0.2) is 34.7 Å². The van der Waals surface area contributed by atoms with Crippen LogP contribution in [0.1, 0.15) is 16.1 Å². The minimum Gasteiger partial charge on any atom is -0.364 e. The van der Waals surface area contributed by atoms with Crippen LogP contribution in [0.2, 0.25) is 0 Å². The first kappa shape index (κ1) is 25.1. The lowest BCUT2D eigenvalue weighted by Gasteiger charge is -2.16. The normalized spacial score (nSPS) is 12.2. The van der Waals surface area contributed by atoms with Crippen molar-refractivity contribution in [1.82, 2.24) is 4.57 Å². The number of hydrogen-bond acceptors (Lipinski definition) is 7. The number of anilines is 1. The zero-order valence-electron chi connectivity index (χ0n) is 18.9. The van der Waals surface area contributed by atoms with Crippen molar-refractivity contribution in [3.63, 3.8) is 0 Å². The molecule has 1 atom stereocenters. The Balaban J connectivity index is 1.87. The van der Waals surface area contributed by atoms with Crippen LogP contribution in [0.5, 0.6) is 0 Å². The van der Waals surface area contributed by atoms with Crippen LogP contribution in [0.15, 0.2) is 82.6 Å². The molecule has 0 aliphatic carbocycles. The molecule has 12 heteroatoms. The number of fused-ring (bicyclic) bond motifs is 1. The second-order valence-corrected chi connectivity index (χ2v) is 10.3. The summed E-state index contributed by atoms with van der Waals surface area (Å²) in [7, 11) is -2.51. The standard InChI is InChI=1S/C24H20N4O6S2/c1-27(34-35(30)31)18-9-8-17-13-23(24(26)29)28(22(17)15-18)19-5-3-7-21(14-19)36(32,33)20-6-2-4-16(12-20)10-11-25/h2-9,12-15H,10H2,1H3,(H2,26,29)(H,30,31). The van der Waals surface area contributed by atoms with Crippen molar-refractivity contribution < 1.29 is 26.3 Å². The van der Waals surface area contributed by atoms with Crippen molar-refractivity contribution >= 4 is 43.7 Å². The molecule has 3 aromatic carbocycles. The number of carbonyl (C=O) groups excluding carboxylic acids is 1. The van der Waals surface area contributed by atoms with Crippen LogP contribution in [-0.2, 0) is 31.9 Å². The van der Waals surface area contributed by atoms with Crippen LogP contribution in [0.3, 0.4) is 0 Å². The minimum absolute atomic E-state index is 0.0151. The van der Waals surface area contributed by atoms with Crippen molar-refractivity contribution in [3.8, 4) is 11.8 Å². The zero-order chi connectivity index (χ0) is 26.0. The molecule has 1 heterocycles. The van der Waals surface area contributed by atoms with Crippen LogP contribution in [0, 0.1) is 11.3 Å². The summed E-state index contributed by atoms with van der Waals surface area (Å²) < 4.78 is 53.1. The highest BCUT2D eigenvalue weighted by Crippen LogP contribution is 2.30. The number of hydrogen-bond donors (Lipinski definition) is 2. The fourth-order valence-electron chi connectivity index (χ4n) is 3.82. The van der Waals surface area contributed by atoms with E-state index < -0.39 is 27.1 Å². The molecule has 0 spiro atoms. The van der Waals surface area contributed by atoms with Gasteiger partial charge in [0.05, 0.1) is 33.5 Å². The van der Waals surface area contributed by atoms with E-state index in [1.807, 2.05) is 6.07 Å². The van der Waals surface area contributed by atoms with Crippen LogP contribution in [0.25, 0.3) is 16.6 Å². The van der Waals surface area contributed by atoms with Crippen LogP contribution >= 0.6 is 0 Å². The Kier molecular flexibility index (Phi) is 6.91. The van der Waals surface area contributed by atoms with Crippen molar-refractivity contribution in [2.24, 2.45) is 5.73 Å². The van der Waals surface area contributed by atoms with Crippen molar-refractivity contribution in [3.05, 3.63) is 84.1 Å². The lowest BCUT2D eigenvalue weighted by atomic mass is 10.2. The Labute approximate surface area is 209 Å².